The molecule has 1 aromatic carbocycles. The SMILES string of the molecule is CCOC(=O)Cn1c2c(c3cc(F)ccc31)C[C@@H](NC(=O)CCc1cccs1)CC2. The minimum absolute atomic E-state index is 0.0123. The van der Waals surface area contributed by atoms with E-state index in [0.29, 0.717) is 19.4 Å². The zero-order valence-corrected chi connectivity index (χ0v) is 17.8. The number of hydrogen-bond acceptors (Lipinski definition) is 4. The minimum Gasteiger partial charge on any atom is -0.465 e. The number of aryl methyl sites for hydroxylation is 1. The van der Waals surface area contributed by atoms with Crippen LogP contribution in [0.1, 0.15) is 35.9 Å². The molecule has 1 aliphatic rings. The predicted molar refractivity (Wildman–Crippen MR) is 115 cm³/mol. The highest BCUT2D eigenvalue weighted by atomic mass is 32.1. The molecule has 0 unspecified atom stereocenters. The summed E-state index contributed by atoms with van der Waals surface area (Å²) in [5.74, 6) is -0.565. The van der Waals surface area contributed by atoms with E-state index in [4.69, 9.17) is 4.74 Å². The van der Waals surface area contributed by atoms with Gasteiger partial charge in [-0.15, -0.1) is 11.3 Å². The van der Waals surface area contributed by atoms with Gasteiger partial charge in [0, 0.05) is 33.9 Å². The van der Waals surface area contributed by atoms with Crippen molar-refractivity contribution in [3.8, 4) is 0 Å². The molecule has 1 amide bonds. The third kappa shape index (κ3) is 4.41. The molecular weight excluding hydrogens is 403 g/mol. The Hall–Kier alpha value is -2.67. The maximum Gasteiger partial charge on any atom is 0.325 e. The summed E-state index contributed by atoms with van der Waals surface area (Å²) in [5.41, 5.74) is 2.88. The number of carbonyl (C=O) groups excluding carboxylic acids is 2. The van der Waals surface area contributed by atoms with Gasteiger partial charge in [0.1, 0.15) is 12.4 Å². The number of carbonyl (C=O) groups is 2. The molecule has 30 heavy (non-hydrogen) atoms. The van der Waals surface area contributed by atoms with Crippen LogP contribution in [0.2, 0.25) is 0 Å². The normalized spacial score (nSPS) is 15.7. The number of halogens is 1. The molecule has 0 saturated heterocycles. The molecular formula is C23H25FN2O3S. The van der Waals surface area contributed by atoms with E-state index in [1.165, 1.54) is 17.0 Å². The van der Waals surface area contributed by atoms with Gasteiger partial charge >= 0.3 is 5.97 Å². The van der Waals surface area contributed by atoms with Crippen LogP contribution in [0.15, 0.2) is 35.7 Å². The van der Waals surface area contributed by atoms with Crippen LogP contribution in [0, 0.1) is 5.82 Å². The van der Waals surface area contributed by atoms with E-state index < -0.39 is 0 Å². The number of thiophene rings is 1. The number of hydrogen-bond donors (Lipinski definition) is 1. The highest BCUT2D eigenvalue weighted by molar-refractivity contribution is 7.09. The van der Waals surface area contributed by atoms with Gasteiger partial charge in [0.05, 0.1) is 6.61 Å². The van der Waals surface area contributed by atoms with Crippen LogP contribution in [0.25, 0.3) is 10.9 Å². The number of esters is 1. The van der Waals surface area contributed by atoms with Crippen molar-refractivity contribution < 1.29 is 18.7 Å². The number of ether oxygens (including phenoxy) is 1. The highest BCUT2D eigenvalue weighted by Gasteiger charge is 2.27. The van der Waals surface area contributed by atoms with E-state index in [2.05, 4.69) is 5.32 Å². The molecule has 1 aliphatic carbocycles. The molecule has 0 bridgehead atoms. The zero-order chi connectivity index (χ0) is 21.1. The molecule has 0 aliphatic heterocycles. The number of nitrogens with one attached hydrogen (secondary N) is 1. The summed E-state index contributed by atoms with van der Waals surface area (Å²) in [4.78, 5) is 25.7. The molecule has 2 heterocycles. The summed E-state index contributed by atoms with van der Waals surface area (Å²) in [5, 5.41) is 5.97. The number of rotatable bonds is 7. The van der Waals surface area contributed by atoms with Gasteiger partial charge in [0.15, 0.2) is 0 Å². The second kappa shape index (κ2) is 9.00. The van der Waals surface area contributed by atoms with Crippen molar-refractivity contribution >= 4 is 34.1 Å². The Kier molecular flexibility index (Phi) is 6.18. The van der Waals surface area contributed by atoms with Crippen LogP contribution < -0.4 is 5.32 Å². The molecule has 0 spiro atoms. The molecule has 0 fully saturated rings. The van der Waals surface area contributed by atoms with Gasteiger partial charge in [-0.3, -0.25) is 9.59 Å². The Bertz CT molecular complexity index is 1060. The Morgan fingerprint density at radius 2 is 2.20 bits per heavy atom. The monoisotopic (exact) mass is 428 g/mol. The molecule has 4 rings (SSSR count). The van der Waals surface area contributed by atoms with E-state index in [-0.39, 0.29) is 30.3 Å². The highest BCUT2D eigenvalue weighted by Crippen LogP contribution is 2.33. The van der Waals surface area contributed by atoms with Crippen LogP contribution in [0.4, 0.5) is 4.39 Å². The summed E-state index contributed by atoms with van der Waals surface area (Å²) in [6.07, 6.45) is 3.35. The van der Waals surface area contributed by atoms with Crippen molar-refractivity contribution in [2.45, 2.75) is 51.6 Å². The molecule has 158 valence electrons. The average Bonchev–Trinajstić information content (AvgIpc) is 3.34. The average molecular weight is 429 g/mol. The first-order valence-electron chi connectivity index (χ1n) is 10.3. The fourth-order valence-corrected chi connectivity index (χ4v) is 4.96. The first kappa shape index (κ1) is 20.6. The molecule has 3 aromatic rings. The number of aromatic nitrogens is 1. The molecule has 1 N–H and O–H groups in total. The standard InChI is InChI=1S/C23H25FN2O3S/c1-2-29-23(28)14-26-20-8-5-15(24)12-18(20)19-13-16(6-9-21(19)26)25-22(27)10-7-17-4-3-11-30-17/h3-5,8,11-12,16H,2,6-7,9-10,13-14H2,1H3,(H,25,27)/t16-/m0/s1. The lowest BCUT2D eigenvalue weighted by molar-refractivity contribution is -0.143. The van der Waals surface area contributed by atoms with Crippen LogP contribution in [-0.2, 0) is 40.1 Å². The van der Waals surface area contributed by atoms with Crippen LogP contribution >= 0.6 is 11.3 Å². The quantitative estimate of drug-likeness (QED) is 0.579. The zero-order valence-electron chi connectivity index (χ0n) is 16.9. The molecule has 0 radical (unpaired) electrons. The smallest absolute Gasteiger partial charge is 0.325 e. The number of fused-ring (bicyclic) bond motifs is 3. The first-order chi connectivity index (χ1) is 14.5. The lowest BCUT2D eigenvalue weighted by Gasteiger charge is -2.25. The molecule has 2 aromatic heterocycles. The third-order valence-corrected chi connectivity index (χ3v) is 6.50. The molecule has 5 nitrogen and oxygen atoms in total. The van der Waals surface area contributed by atoms with E-state index in [0.717, 1.165) is 41.4 Å². The van der Waals surface area contributed by atoms with Gasteiger partial charge in [-0.05, 0) is 67.8 Å². The number of nitrogens with zero attached hydrogens (tertiary/aromatic N) is 1. The van der Waals surface area contributed by atoms with E-state index in [9.17, 15) is 14.0 Å². The van der Waals surface area contributed by atoms with Crippen LogP contribution in [0.5, 0.6) is 0 Å². The van der Waals surface area contributed by atoms with Crippen molar-refractivity contribution in [1.82, 2.24) is 9.88 Å². The number of benzene rings is 1. The second-order valence-electron chi connectivity index (χ2n) is 7.56. The van der Waals surface area contributed by atoms with Crippen LogP contribution in [0.3, 0.4) is 0 Å². The van der Waals surface area contributed by atoms with Gasteiger partial charge in [0.2, 0.25) is 5.91 Å². The van der Waals surface area contributed by atoms with Gasteiger partial charge in [-0.25, -0.2) is 4.39 Å². The summed E-state index contributed by atoms with van der Waals surface area (Å²) in [7, 11) is 0. The van der Waals surface area contributed by atoms with E-state index >= 15 is 0 Å². The second-order valence-corrected chi connectivity index (χ2v) is 8.60. The van der Waals surface area contributed by atoms with E-state index in [1.54, 1.807) is 24.3 Å². The maximum absolute atomic E-state index is 14.0. The van der Waals surface area contributed by atoms with Crippen molar-refractivity contribution in [3.63, 3.8) is 0 Å². The van der Waals surface area contributed by atoms with Crippen molar-refractivity contribution in [1.29, 1.82) is 0 Å². The van der Waals surface area contributed by atoms with Gasteiger partial charge < -0.3 is 14.6 Å². The predicted octanol–water partition coefficient (Wildman–Crippen LogP) is 4.01. The summed E-state index contributed by atoms with van der Waals surface area (Å²) >= 11 is 1.66. The summed E-state index contributed by atoms with van der Waals surface area (Å²) in [6, 6.07) is 8.70. The third-order valence-electron chi connectivity index (χ3n) is 5.57. The van der Waals surface area contributed by atoms with E-state index in [1.807, 2.05) is 22.1 Å². The number of amides is 1. The topological polar surface area (TPSA) is 60.3 Å². The largest absolute Gasteiger partial charge is 0.465 e. The summed E-state index contributed by atoms with van der Waals surface area (Å²) in [6.45, 7) is 2.22. The molecule has 1 atom stereocenters. The Balaban J connectivity index is 1.52. The fourth-order valence-electron chi connectivity index (χ4n) is 4.25. The fraction of sp³-hybridized carbons (Fsp3) is 0.391. The summed E-state index contributed by atoms with van der Waals surface area (Å²) < 4.78 is 21.0. The first-order valence-corrected chi connectivity index (χ1v) is 11.2. The van der Waals surface area contributed by atoms with Crippen molar-refractivity contribution in [2.24, 2.45) is 0 Å². The Labute approximate surface area is 178 Å². The van der Waals surface area contributed by atoms with Gasteiger partial charge in [0.25, 0.3) is 0 Å². The lowest BCUT2D eigenvalue weighted by Crippen LogP contribution is -2.39. The van der Waals surface area contributed by atoms with Crippen LogP contribution in [-0.4, -0.2) is 29.1 Å². The lowest BCUT2D eigenvalue weighted by atomic mass is 9.91. The van der Waals surface area contributed by atoms with Crippen molar-refractivity contribution in [3.05, 3.63) is 57.7 Å². The minimum atomic E-state index is -0.305. The molecule has 7 heteroatoms. The molecule has 0 saturated carbocycles. The van der Waals surface area contributed by atoms with Gasteiger partial charge in [-0.2, -0.15) is 0 Å². The van der Waals surface area contributed by atoms with Gasteiger partial charge in [-0.1, -0.05) is 6.07 Å². The maximum atomic E-state index is 14.0. The van der Waals surface area contributed by atoms with Crippen molar-refractivity contribution in [2.75, 3.05) is 6.61 Å². The Morgan fingerprint density at radius 3 is 2.97 bits per heavy atom. The Morgan fingerprint density at radius 1 is 1.33 bits per heavy atom.